The molecule has 76 valence electrons. The summed E-state index contributed by atoms with van der Waals surface area (Å²) in [6.07, 6.45) is 6.80. The van der Waals surface area contributed by atoms with Crippen LogP contribution in [0.5, 0.6) is 0 Å². The molecule has 1 atom stereocenters. The normalized spacial score (nSPS) is 28.4. The third-order valence-electron chi connectivity index (χ3n) is 2.52. The van der Waals surface area contributed by atoms with Gasteiger partial charge in [0.25, 0.3) is 0 Å². The van der Waals surface area contributed by atoms with E-state index in [1.54, 1.807) is 0 Å². The standard InChI is InChI=1S/C10H19NO2/c1-2-13-10-8-6-4-3-5-7-9(10)11-12/h10,12H,2-8H2,1H3/b11-9+. The molecule has 0 aromatic rings. The molecule has 1 rings (SSSR count). The first-order valence-corrected chi connectivity index (χ1v) is 5.21. The summed E-state index contributed by atoms with van der Waals surface area (Å²) in [5.41, 5.74) is 0.835. The van der Waals surface area contributed by atoms with Crippen LogP contribution >= 0.6 is 0 Å². The fourth-order valence-corrected chi connectivity index (χ4v) is 1.81. The smallest absolute Gasteiger partial charge is 0.0988 e. The van der Waals surface area contributed by atoms with Crippen LogP contribution in [-0.4, -0.2) is 23.6 Å². The summed E-state index contributed by atoms with van der Waals surface area (Å²) in [5.74, 6) is 0. The van der Waals surface area contributed by atoms with Crippen LogP contribution in [-0.2, 0) is 4.74 Å². The minimum atomic E-state index is 0.0651. The van der Waals surface area contributed by atoms with E-state index in [0.29, 0.717) is 6.61 Å². The van der Waals surface area contributed by atoms with Gasteiger partial charge in [0.1, 0.15) is 0 Å². The zero-order valence-corrected chi connectivity index (χ0v) is 8.33. The highest BCUT2D eigenvalue weighted by molar-refractivity contribution is 5.88. The van der Waals surface area contributed by atoms with E-state index in [2.05, 4.69) is 5.16 Å². The minimum Gasteiger partial charge on any atom is -0.411 e. The third-order valence-corrected chi connectivity index (χ3v) is 2.52. The lowest BCUT2D eigenvalue weighted by atomic mass is 9.97. The molecule has 1 fully saturated rings. The van der Waals surface area contributed by atoms with Gasteiger partial charge in [0.2, 0.25) is 0 Å². The number of nitrogens with zero attached hydrogens (tertiary/aromatic N) is 1. The van der Waals surface area contributed by atoms with E-state index in [9.17, 15) is 0 Å². The lowest BCUT2D eigenvalue weighted by Gasteiger charge is -2.20. The maximum absolute atomic E-state index is 8.81. The molecular formula is C10H19NO2. The van der Waals surface area contributed by atoms with Crippen molar-refractivity contribution in [1.29, 1.82) is 0 Å². The predicted molar refractivity (Wildman–Crippen MR) is 52.3 cm³/mol. The Balaban J connectivity index is 2.50. The Morgan fingerprint density at radius 1 is 1.38 bits per heavy atom. The van der Waals surface area contributed by atoms with Gasteiger partial charge in [-0.1, -0.05) is 24.4 Å². The quantitative estimate of drug-likeness (QED) is 0.530. The van der Waals surface area contributed by atoms with Crippen LogP contribution in [0.1, 0.15) is 45.4 Å². The first-order chi connectivity index (χ1) is 6.38. The Morgan fingerprint density at radius 2 is 2.15 bits per heavy atom. The molecule has 1 aliphatic rings. The third kappa shape index (κ3) is 3.35. The lowest BCUT2D eigenvalue weighted by Crippen LogP contribution is -2.25. The fraction of sp³-hybridized carbons (Fsp3) is 0.900. The zero-order valence-electron chi connectivity index (χ0n) is 8.33. The molecule has 0 heterocycles. The number of hydrogen-bond donors (Lipinski definition) is 1. The van der Waals surface area contributed by atoms with Gasteiger partial charge in [-0.3, -0.25) is 0 Å². The maximum atomic E-state index is 8.81. The summed E-state index contributed by atoms with van der Waals surface area (Å²) < 4.78 is 5.53. The molecule has 0 radical (unpaired) electrons. The minimum absolute atomic E-state index is 0.0651. The molecule has 1 saturated carbocycles. The molecule has 0 aromatic heterocycles. The molecule has 1 aliphatic carbocycles. The van der Waals surface area contributed by atoms with Crippen molar-refractivity contribution in [3.63, 3.8) is 0 Å². The largest absolute Gasteiger partial charge is 0.411 e. The zero-order chi connectivity index (χ0) is 9.52. The summed E-state index contributed by atoms with van der Waals surface area (Å²) >= 11 is 0. The highest BCUT2D eigenvalue weighted by Gasteiger charge is 2.18. The van der Waals surface area contributed by atoms with Crippen molar-refractivity contribution in [3.05, 3.63) is 0 Å². The molecule has 3 nitrogen and oxygen atoms in total. The van der Waals surface area contributed by atoms with Crippen LogP contribution in [0, 0.1) is 0 Å². The molecule has 3 heteroatoms. The molecule has 0 amide bonds. The molecule has 1 unspecified atom stereocenters. The second-order valence-electron chi connectivity index (χ2n) is 3.49. The Morgan fingerprint density at radius 3 is 2.85 bits per heavy atom. The van der Waals surface area contributed by atoms with Crippen molar-refractivity contribution in [2.75, 3.05) is 6.61 Å². The maximum Gasteiger partial charge on any atom is 0.0988 e. The van der Waals surface area contributed by atoms with Crippen molar-refractivity contribution >= 4 is 5.71 Å². The van der Waals surface area contributed by atoms with Gasteiger partial charge in [0, 0.05) is 6.61 Å². The highest BCUT2D eigenvalue weighted by atomic mass is 16.5. The average molecular weight is 185 g/mol. The van der Waals surface area contributed by atoms with Crippen LogP contribution in [0.15, 0.2) is 5.16 Å². The number of ether oxygens (including phenoxy) is 1. The Bertz CT molecular complexity index is 168. The Labute approximate surface area is 79.8 Å². The molecule has 0 bridgehead atoms. The van der Waals surface area contributed by atoms with Gasteiger partial charge in [0.15, 0.2) is 0 Å². The van der Waals surface area contributed by atoms with E-state index in [1.807, 2.05) is 6.92 Å². The summed E-state index contributed by atoms with van der Waals surface area (Å²) in [5, 5.41) is 12.2. The van der Waals surface area contributed by atoms with Crippen molar-refractivity contribution in [2.45, 2.75) is 51.6 Å². The summed E-state index contributed by atoms with van der Waals surface area (Å²) in [4.78, 5) is 0. The molecule has 0 aliphatic heterocycles. The SMILES string of the molecule is CCOC1CCCCCC/C1=N\O. The molecule has 13 heavy (non-hydrogen) atoms. The van der Waals surface area contributed by atoms with Crippen LogP contribution in [0.3, 0.4) is 0 Å². The van der Waals surface area contributed by atoms with Gasteiger partial charge in [-0.15, -0.1) is 0 Å². The molecule has 0 spiro atoms. The van der Waals surface area contributed by atoms with E-state index in [4.69, 9.17) is 9.94 Å². The van der Waals surface area contributed by atoms with Gasteiger partial charge in [-0.05, 0) is 26.2 Å². The Hall–Kier alpha value is -0.570. The van der Waals surface area contributed by atoms with E-state index in [-0.39, 0.29) is 6.10 Å². The molecular weight excluding hydrogens is 166 g/mol. The van der Waals surface area contributed by atoms with E-state index in [0.717, 1.165) is 25.0 Å². The monoisotopic (exact) mass is 185 g/mol. The van der Waals surface area contributed by atoms with Gasteiger partial charge >= 0.3 is 0 Å². The summed E-state index contributed by atoms with van der Waals surface area (Å²) in [6, 6.07) is 0. The Kier molecular flexibility index (Phi) is 4.83. The van der Waals surface area contributed by atoms with Gasteiger partial charge in [-0.25, -0.2) is 0 Å². The van der Waals surface area contributed by atoms with Crippen LogP contribution in [0.25, 0.3) is 0 Å². The first-order valence-electron chi connectivity index (χ1n) is 5.21. The number of hydrogen-bond acceptors (Lipinski definition) is 3. The molecule has 0 aromatic carbocycles. The molecule has 0 saturated heterocycles. The van der Waals surface area contributed by atoms with E-state index >= 15 is 0 Å². The average Bonchev–Trinajstić information content (AvgIpc) is 2.10. The van der Waals surface area contributed by atoms with Crippen molar-refractivity contribution in [2.24, 2.45) is 5.16 Å². The van der Waals surface area contributed by atoms with Crippen LogP contribution < -0.4 is 0 Å². The van der Waals surface area contributed by atoms with Crippen LogP contribution in [0.2, 0.25) is 0 Å². The van der Waals surface area contributed by atoms with Gasteiger partial charge < -0.3 is 9.94 Å². The van der Waals surface area contributed by atoms with Crippen LogP contribution in [0.4, 0.5) is 0 Å². The second kappa shape index (κ2) is 5.97. The first kappa shape index (κ1) is 10.5. The predicted octanol–water partition coefficient (Wildman–Crippen LogP) is 2.58. The topological polar surface area (TPSA) is 41.8 Å². The van der Waals surface area contributed by atoms with E-state index < -0.39 is 0 Å². The number of rotatable bonds is 2. The van der Waals surface area contributed by atoms with Crippen molar-refractivity contribution < 1.29 is 9.94 Å². The fourth-order valence-electron chi connectivity index (χ4n) is 1.81. The van der Waals surface area contributed by atoms with Crippen molar-refractivity contribution in [3.8, 4) is 0 Å². The second-order valence-corrected chi connectivity index (χ2v) is 3.49. The van der Waals surface area contributed by atoms with Gasteiger partial charge in [0.05, 0.1) is 11.8 Å². The number of oxime groups is 1. The van der Waals surface area contributed by atoms with Crippen molar-refractivity contribution in [1.82, 2.24) is 0 Å². The molecule has 1 N–H and O–H groups in total. The highest BCUT2D eigenvalue weighted by Crippen LogP contribution is 2.17. The lowest BCUT2D eigenvalue weighted by molar-refractivity contribution is 0.0953. The summed E-state index contributed by atoms with van der Waals surface area (Å²) in [6.45, 7) is 2.68. The van der Waals surface area contributed by atoms with Gasteiger partial charge in [-0.2, -0.15) is 0 Å². The summed E-state index contributed by atoms with van der Waals surface area (Å²) in [7, 11) is 0. The van der Waals surface area contributed by atoms with E-state index in [1.165, 1.54) is 19.3 Å².